The van der Waals surface area contributed by atoms with E-state index < -0.39 is 24.4 Å². The van der Waals surface area contributed by atoms with Gasteiger partial charge < -0.3 is 15.2 Å². The molecule has 1 aliphatic carbocycles. The Kier molecular flexibility index (Phi) is 7.56. The van der Waals surface area contributed by atoms with Gasteiger partial charge in [0.05, 0.1) is 12.0 Å². The standard InChI is InChI=1S/C14H23F2NO4/c15-11(16)10-21-8-7-17-12(18)9-14(13(19)20)5-3-1-2-4-6-14/h11H,1-10H2,(H,17,18)(H,19,20). The number of carbonyl (C=O) groups excluding carboxylic acids is 1. The molecule has 1 rings (SSSR count). The van der Waals surface area contributed by atoms with Crippen molar-refractivity contribution in [1.82, 2.24) is 5.32 Å². The third-order valence-electron chi connectivity index (χ3n) is 3.83. The molecule has 0 aromatic carbocycles. The van der Waals surface area contributed by atoms with E-state index in [1.54, 1.807) is 0 Å². The zero-order valence-corrected chi connectivity index (χ0v) is 12.1. The van der Waals surface area contributed by atoms with Crippen LogP contribution in [0.5, 0.6) is 0 Å². The molecule has 0 unspecified atom stereocenters. The van der Waals surface area contributed by atoms with Crippen LogP contribution in [0.15, 0.2) is 0 Å². The van der Waals surface area contributed by atoms with Gasteiger partial charge in [0.15, 0.2) is 0 Å². The highest BCUT2D eigenvalue weighted by Crippen LogP contribution is 2.38. The predicted molar refractivity (Wildman–Crippen MR) is 72.2 cm³/mol. The minimum absolute atomic E-state index is 0.00382. The smallest absolute Gasteiger partial charge is 0.310 e. The first-order chi connectivity index (χ1) is 9.96. The number of amides is 1. The number of halogens is 2. The van der Waals surface area contributed by atoms with E-state index in [2.05, 4.69) is 10.1 Å². The summed E-state index contributed by atoms with van der Waals surface area (Å²) in [7, 11) is 0. The lowest BCUT2D eigenvalue weighted by molar-refractivity contribution is -0.152. The van der Waals surface area contributed by atoms with Crippen molar-refractivity contribution in [3.63, 3.8) is 0 Å². The summed E-state index contributed by atoms with van der Waals surface area (Å²) in [4.78, 5) is 23.4. The number of carboxylic acids is 1. The fraction of sp³-hybridized carbons (Fsp3) is 0.857. The summed E-state index contributed by atoms with van der Waals surface area (Å²) in [5.41, 5.74) is -0.982. The van der Waals surface area contributed by atoms with Crippen molar-refractivity contribution in [3.8, 4) is 0 Å². The monoisotopic (exact) mass is 307 g/mol. The molecule has 1 amide bonds. The zero-order valence-electron chi connectivity index (χ0n) is 12.1. The Morgan fingerprint density at radius 3 is 2.33 bits per heavy atom. The molecule has 0 saturated heterocycles. The maximum atomic E-state index is 11.9. The molecule has 0 atom stereocenters. The van der Waals surface area contributed by atoms with E-state index in [4.69, 9.17) is 0 Å². The summed E-state index contributed by atoms with van der Waals surface area (Å²) in [6.07, 6.45) is 2.07. The summed E-state index contributed by atoms with van der Waals surface area (Å²) < 4.78 is 28.3. The number of alkyl halides is 2. The molecule has 0 bridgehead atoms. The van der Waals surface area contributed by atoms with Crippen LogP contribution in [0.25, 0.3) is 0 Å². The van der Waals surface area contributed by atoms with E-state index in [9.17, 15) is 23.5 Å². The molecule has 0 aromatic heterocycles. The van der Waals surface area contributed by atoms with Gasteiger partial charge in [0.1, 0.15) is 6.61 Å². The van der Waals surface area contributed by atoms with Crippen molar-refractivity contribution in [3.05, 3.63) is 0 Å². The summed E-state index contributed by atoms with van der Waals surface area (Å²) in [6.45, 7) is -0.549. The molecule has 0 spiro atoms. The van der Waals surface area contributed by atoms with E-state index in [0.717, 1.165) is 25.7 Å². The molecule has 7 heteroatoms. The van der Waals surface area contributed by atoms with Crippen molar-refractivity contribution < 1.29 is 28.2 Å². The van der Waals surface area contributed by atoms with Crippen molar-refractivity contribution in [2.75, 3.05) is 19.8 Å². The number of ether oxygens (including phenoxy) is 1. The first-order valence-electron chi connectivity index (χ1n) is 7.32. The maximum Gasteiger partial charge on any atom is 0.310 e. The molecule has 1 aliphatic rings. The Morgan fingerprint density at radius 2 is 1.81 bits per heavy atom. The van der Waals surface area contributed by atoms with Crippen molar-refractivity contribution in [2.45, 2.75) is 51.4 Å². The van der Waals surface area contributed by atoms with Crippen LogP contribution in [-0.4, -0.2) is 43.2 Å². The number of carbonyl (C=O) groups is 2. The van der Waals surface area contributed by atoms with Gasteiger partial charge in [-0.1, -0.05) is 25.7 Å². The molecule has 21 heavy (non-hydrogen) atoms. The van der Waals surface area contributed by atoms with Crippen LogP contribution >= 0.6 is 0 Å². The first-order valence-corrected chi connectivity index (χ1v) is 7.32. The van der Waals surface area contributed by atoms with Crippen LogP contribution in [0.2, 0.25) is 0 Å². The number of aliphatic carboxylic acids is 1. The highest BCUT2D eigenvalue weighted by molar-refractivity contribution is 5.85. The number of hydrogen-bond donors (Lipinski definition) is 2. The summed E-state index contributed by atoms with van der Waals surface area (Å²) in [5, 5.41) is 12.0. The SMILES string of the molecule is O=C(CC1(C(=O)O)CCCCCC1)NCCOCC(F)F. The highest BCUT2D eigenvalue weighted by atomic mass is 19.3. The molecule has 5 nitrogen and oxygen atoms in total. The number of rotatable bonds is 8. The number of carboxylic acid groups (broad SMARTS) is 1. The fourth-order valence-corrected chi connectivity index (χ4v) is 2.68. The van der Waals surface area contributed by atoms with Gasteiger partial charge in [-0.05, 0) is 12.8 Å². The summed E-state index contributed by atoms with van der Waals surface area (Å²) in [6, 6.07) is 0. The van der Waals surface area contributed by atoms with Gasteiger partial charge in [-0.25, -0.2) is 8.78 Å². The zero-order chi connectivity index (χ0) is 15.7. The average Bonchev–Trinajstić information content (AvgIpc) is 2.64. The van der Waals surface area contributed by atoms with Gasteiger partial charge in [0.25, 0.3) is 6.43 Å². The van der Waals surface area contributed by atoms with Gasteiger partial charge in [0, 0.05) is 13.0 Å². The largest absolute Gasteiger partial charge is 0.481 e. The van der Waals surface area contributed by atoms with Gasteiger partial charge in [-0.3, -0.25) is 9.59 Å². The lowest BCUT2D eigenvalue weighted by Gasteiger charge is -2.27. The Morgan fingerprint density at radius 1 is 1.19 bits per heavy atom. The molecule has 0 aliphatic heterocycles. The Balaban J connectivity index is 2.37. The van der Waals surface area contributed by atoms with Crippen molar-refractivity contribution in [1.29, 1.82) is 0 Å². The van der Waals surface area contributed by atoms with Crippen LogP contribution < -0.4 is 5.32 Å². The average molecular weight is 307 g/mol. The second-order valence-corrected chi connectivity index (χ2v) is 5.49. The molecule has 1 fully saturated rings. The van der Waals surface area contributed by atoms with E-state index in [0.29, 0.717) is 12.8 Å². The molecule has 0 aromatic rings. The van der Waals surface area contributed by atoms with E-state index in [1.807, 2.05) is 0 Å². The Hall–Kier alpha value is -1.24. The van der Waals surface area contributed by atoms with E-state index in [-0.39, 0.29) is 25.5 Å². The Bertz CT molecular complexity index is 342. The lowest BCUT2D eigenvalue weighted by Crippen LogP contribution is -2.38. The van der Waals surface area contributed by atoms with Gasteiger partial charge in [-0.15, -0.1) is 0 Å². The van der Waals surface area contributed by atoms with Crippen LogP contribution in [0.4, 0.5) is 8.78 Å². The highest BCUT2D eigenvalue weighted by Gasteiger charge is 2.40. The molecule has 0 heterocycles. The third kappa shape index (κ3) is 6.37. The number of hydrogen-bond acceptors (Lipinski definition) is 3. The van der Waals surface area contributed by atoms with Crippen LogP contribution in [0.1, 0.15) is 44.9 Å². The number of nitrogens with one attached hydrogen (secondary N) is 1. The molecule has 0 radical (unpaired) electrons. The van der Waals surface area contributed by atoms with Gasteiger partial charge >= 0.3 is 5.97 Å². The Labute approximate surface area is 123 Å². The van der Waals surface area contributed by atoms with Crippen LogP contribution in [0, 0.1) is 5.41 Å². The molecule has 122 valence electrons. The summed E-state index contributed by atoms with van der Waals surface area (Å²) >= 11 is 0. The lowest BCUT2D eigenvalue weighted by atomic mass is 9.77. The molecule has 1 saturated carbocycles. The maximum absolute atomic E-state index is 11.9. The second-order valence-electron chi connectivity index (χ2n) is 5.49. The topological polar surface area (TPSA) is 75.6 Å². The minimum atomic E-state index is -2.53. The first kappa shape index (κ1) is 17.8. The second kappa shape index (κ2) is 8.92. The van der Waals surface area contributed by atoms with Gasteiger partial charge in [-0.2, -0.15) is 0 Å². The summed E-state index contributed by atoms with van der Waals surface area (Å²) in [5.74, 6) is -1.28. The predicted octanol–water partition coefficient (Wildman–Crippen LogP) is 2.20. The van der Waals surface area contributed by atoms with Crippen LogP contribution in [0.3, 0.4) is 0 Å². The van der Waals surface area contributed by atoms with Crippen molar-refractivity contribution in [2.24, 2.45) is 5.41 Å². The van der Waals surface area contributed by atoms with E-state index >= 15 is 0 Å². The molecular weight excluding hydrogens is 284 g/mol. The quantitative estimate of drug-likeness (QED) is 0.532. The van der Waals surface area contributed by atoms with E-state index in [1.165, 1.54) is 0 Å². The van der Waals surface area contributed by atoms with Gasteiger partial charge in [0.2, 0.25) is 5.91 Å². The van der Waals surface area contributed by atoms with Crippen LogP contribution in [-0.2, 0) is 14.3 Å². The normalized spacial score (nSPS) is 18.2. The molecule has 2 N–H and O–H groups in total. The third-order valence-corrected chi connectivity index (χ3v) is 3.83. The molecular formula is C14H23F2NO4. The fourth-order valence-electron chi connectivity index (χ4n) is 2.68. The minimum Gasteiger partial charge on any atom is -0.481 e. The van der Waals surface area contributed by atoms with Crippen molar-refractivity contribution >= 4 is 11.9 Å².